The molecule has 0 saturated carbocycles. The second-order valence-corrected chi connectivity index (χ2v) is 6.06. The maximum absolute atomic E-state index is 14.2. The van der Waals surface area contributed by atoms with E-state index < -0.39 is 23.8 Å². The molecule has 0 radical (unpaired) electrons. The first-order valence-corrected chi connectivity index (χ1v) is 7.77. The van der Waals surface area contributed by atoms with Crippen molar-refractivity contribution in [2.45, 2.75) is 33.2 Å². The van der Waals surface area contributed by atoms with Crippen LogP contribution in [-0.2, 0) is 11.2 Å². The number of carbonyl (C=O) groups is 2. The van der Waals surface area contributed by atoms with Crippen molar-refractivity contribution in [2.75, 3.05) is 4.90 Å². The summed E-state index contributed by atoms with van der Waals surface area (Å²) in [6.45, 7) is 5.03. The number of imide groups is 1. The van der Waals surface area contributed by atoms with Crippen LogP contribution in [0.25, 0.3) is 0 Å². The molecule has 1 aromatic heterocycles. The molecule has 7 nitrogen and oxygen atoms in total. The van der Waals surface area contributed by atoms with Crippen LogP contribution in [0.4, 0.5) is 14.9 Å². The van der Waals surface area contributed by atoms with Crippen LogP contribution in [0.3, 0.4) is 0 Å². The van der Waals surface area contributed by atoms with E-state index in [2.05, 4.69) is 15.5 Å². The summed E-state index contributed by atoms with van der Waals surface area (Å²) in [5.41, 5.74) is 2.27. The number of carbonyl (C=O) groups excluding carboxylic acids is 2. The number of aromatic amines is 1. The van der Waals surface area contributed by atoms with E-state index >= 15 is 0 Å². The average Bonchev–Trinajstić information content (AvgIpc) is 2.82. The van der Waals surface area contributed by atoms with E-state index in [1.54, 1.807) is 26.8 Å². The van der Waals surface area contributed by atoms with Crippen molar-refractivity contribution in [1.29, 1.82) is 0 Å². The summed E-state index contributed by atoms with van der Waals surface area (Å²) in [6, 6.07) is 2.88. The fraction of sp³-hybridized carbons (Fsp3) is 0.294. The average molecular weight is 344 g/mol. The lowest BCUT2D eigenvalue weighted by atomic mass is 10.0. The number of anilines is 1. The molecule has 3 rings (SSSR count). The van der Waals surface area contributed by atoms with Crippen molar-refractivity contribution in [3.05, 3.63) is 56.8 Å². The summed E-state index contributed by atoms with van der Waals surface area (Å²) in [6.07, 6.45) is 0.329. The third kappa shape index (κ3) is 2.90. The van der Waals surface area contributed by atoms with E-state index in [9.17, 15) is 18.8 Å². The quantitative estimate of drug-likeness (QED) is 0.826. The Morgan fingerprint density at radius 1 is 1.20 bits per heavy atom. The molecule has 1 aliphatic heterocycles. The molecule has 1 unspecified atom stereocenters. The molecule has 8 heteroatoms. The van der Waals surface area contributed by atoms with Crippen molar-refractivity contribution in [1.82, 2.24) is 15.5 Å². The molecule has 0 bridgehead atoms. The molecule has 25 heavy (non-hydrogen) atoms. The standard InChI is InChI=1S/C17H17FN4O3/c1-8-9(2)15(23)21-20-13(8)6-11-4-5-12(18)14(7-11)22-16(24)10(3)19-17(22)25/h4-5,7,10H,6H2,1-3H3,(H,19,25)(H,21,23). The molecule has 2 N–H and O–H groups in total. The lowest BCUT2D eigenvalue weighted by Crippen LogP contribution is -2.31. The van der Waals surface area contributed by atoms with Crippen LogP contribution < -0.4 is 15.8 Å². The van der Waals surface area contributed by atoms with Gasteiger partial charge in [-0.2, -0.15) is 5.10 Å². The fourth-order valence-corrected chi connectivity index (χ4v) is 2.71. The highest BCUT2D eigenvalue weighted by atomic mass is 19.1. The van der Waals surface area contributed by atoms with Gasteiger partial charge in [-0.05, 0) is 44.0 Å². The number of rotatable bonds is 3. The van der Waals surface area contributed by atoms with Crippen molar-refractivity contribution < 1.29 is 14.0 Å². The minimum atomic E-state index is -0.693. The zero-order valence-electron chi connectivity index (χ0n) is 14.0. The van der Waals surface area contributed by atoms with Crippen molar-refractivity contribution in [3.63, 3.8) is 0 Å². The summed E-state index contributed by atoms with van der Waals surface area (Å²) in [5, 5.41) is 8.91. The van der Waals surface area contributed by atoms with Crippen LogP contribution >= 0.6 is 0 Å². The highest BCUT2D eigenvalue weighted by molar-refractivity contribution is 6.21. The van der Waals surface area contributed by atoms with Crippen molar-refractivity contribution >= 4 is 17.6 Å². The second kappa shape index (κ2) is 6.12. The summed E-state index contributed by atoms with van der Waals surface area (Å²) in [7, 11) is 0. The molecular formula is C17H17FN4O3. The van der Waals surface area contributed by atoms with E-state index in [1.807, 2.05) is 0 Å². The minimum absolute atomic E-state index is 0.0943. The van der Waals surface area contributed by atoms with Gasteiger partial charge < -0.3 is 5.32 Å². The molecule has 3 amide bonds. The Labute approximate surface area is 142 Å². The molecule has 1 saturated heterocycles. The fourth-order valence-electron chi connectivity index (χ4n) is 2.71. The van der Waals surface area contributed by atoms with Crippen LogP contribution in [0.15, 0.2) is 23.0 Å². The van der Waals surface area contributed by atoms with E-state index in [4.69, 9.17) is 0 Å². The molecular weight excluding hydrogens is 327 g/mol. The van der Waals surface area contributed by atoms with Crippen LogP contribution in [-0.4, -0.2) is 28.2 Å². The highest BCUT2D eigenvalue weighted by Crippen LogP contribution is 2.26. The smallest absolute Gasteiger partial charge is 0.326 e. The zero-order chi connectivity index (χ0) is 18.3. The Balaban J connectivity index is 1.98. The molecule has 1 aliphatic rings. The number of H-pyrrole nitrogens is 1. The first-order chi connectivity index (χ1) is 11.8. The van der Waals surface area contributed by atoms with Crippen LogP contribution in [0.5, 0.6) is 0 Å². The summed E-state index contributed by atoms with van der Waals surface area (Å²) < 4.78 is 14.2. The number of nitrogens with one attached hydrogen (secondary N) is 2. The highest BCUT2D eigenvalue weighted by Gasteiger charge is 2.37. The number of amides is 3. The van der Waals surface area contributed by atoms with Gasteiger partial charge in [0.15, 0.2) is 0 Å². The van der Waals surface area contributed by atoms with Gasteiger partial charge in [-0.15, -0.1) is 0 Å². The Morgan fingerprint density at radius 2 is 1.92 bits per heavy atom. The predicted octanol–water partition coefficient (Wildman–Crippen LogP) is 1.56. The number of nitrogens with zero attached hydrogens (tertiary/aromatic N) is 2. The monoisotopic (exact) mass is 344 g/mol. The van der Waals surface area contributed by atoms with Gasteiger partial charge >= 0.3 is 6.03 Å². The topological polar surface area (TPSA) is 95.2 Å². The van der Waals surface area contributed by atoms with Crippen LogP contribution in [0, 0.1) is 19.7 Å². The molecule has 2 aromatic rings. The number of hydrogen-bond donors (Lipinski definition) is 2. The molecule has 1 aromatic carbocycles. The maximum atomic E-state index is 14.2. The summed E-state index contributed by atoms with van der Waals surface area (Å²) in [4.78, 5) is 36.4. The molecule has 2 heterocycles. The molecule has 0 spiro atoms. The normalized spacial score (nSPS) is 17.1. The lowest BCUT2D eigenvalue weighted by molar-refractivity contribution is -0.118. The number of benzene rings is 1. The predicted molar refractivity (Wildman–Crippen MR) is 89.0 cm³/mol. The Morgan fingerprint density at radius 3 is 2.56 bits per heavy atom. The van der Waals surface area contributed by atoms with Crippen LogP contribution in [0.1, 0.15) is 29.3 Å². The van der Waals surface area contributed by atoms with Gasteiger partial charge in [0.1, 0.15) is 11.9 Å². The van der Waals surface area contributed by atoms with Gasteiger partial charge in [0, 0.05) is 12.0 Å². The van der Waals surface area contributed by atoms with E-state index in [1.165, 1.54) is 12.1 Å². The van der Waals surface area contributed by atoms with Gasteiger partial charge in [0.2, 0.25) is 0 Å². The summed E-state index contributed by atoms with van der Waals surface area (Å²) in [5.74, 6) is -1.17. The number of urea groups is 1. The van der Waals surface area contributed by atoms with Gasteiger partial charge in [-0.25, -0.2) is 19.2 Å². The zero-order valence-corrected chi connectivity index (χ0v) is 14.0. The SMILES string of the molecule is Cc1c(Cc2ccc(F)c(N3C(=O)NC(C)C3=O)c2)n[nH]c(=O)c1C. The number of hydrogen-bond acceptors (Lipinski definition) is 4. The lowest BCUT2D eigenvalue weighted by Gasteiger charge is -2.15. The molecule has 0 aliphatic carbocycles. The summed E-state index contributed by atoms with van der Waals surface area (Å²) >= 11 is 0. The Hall–Kier alpha value is -3.03. The van der Waals surface area contributed by atoms with Crippen molar-refractivity contribution in [2.24, 2.45) is 0 Å². The van der Waals surface area contributed by atoms with Gasteiger partial charge in [-0.3, -0.25) is 9.59 Å². The van der Waals surface area contributed by atoms with Gasteiger partial charge in [-0.1, -0.05) is 6.07 Å². The third-order valence-corrected chi connectivity index (χ3v) is 4.39. The second-order valence-electron chi connectivity index (χ2n) is 6.06. The third-order valence-electron chi connectivity index (χ3n) is 4.39. The Bertz CT molecular complexity index is 938. The molecule has 130 valence electrons. The largest absolute Gasteiger partial charge is 0.329 e. The molecule has 1 fully saturated rings. The first kappa shape index (κ1) is 16.8. The van der Waals surface area contributed by atoms with Crippen molar-refractivity contribution in [3.8, 4) is 0 Å². The maximum Gasteiger partial charge on any atom is 0.329 e. The Kier molecular flexibility index (Phi) is 4.12. The van der Waals surface area contributed by atoms with E-state index in [0.29, 0.717) is 23.2 Å². The first-order valence-electron chi connectivity index (χ1n) is 7.77. The van der Waals surface area contributed by atoms with Crippen LogP contribution in [0.2, 0.25) is 0 Å². The minimum Gasteiger partial charge on any atom is -0.326 e. The van der Waals surface area contributed by atoms with Gasteiger partial charge in [0.05, 0.1) is 11.4 Å². The van der Waals surface area contributed by atoms with Gasteiger partial charge in [0.25, 0.3) is 11.5 Å². The number of halogens is 1. The van der Waals surface area contributed by atoms with E-state index in [0.717, 1.165) is 10.5 Å². The van der Waals surface area contributed by atoms with E-state index in [-0.39, 0.29) is 11.2 Å². The number of aromatic nitrogens is 2. The molecule has 1 atom stereocenters.